The van der Waals surface area contributed by atoms with Crippen LogP contribution in [0.4, 0.5) is 0 Å². The molecule has 1 aliphatic heterocycles. The van der Waals surface area contributed by atoms with E-state index in [1.54, 1.807) is 4.90 Å². The number of hydrogen-bond acceptors (Lipinski definition) is 4. The second-order valence-corrected chi connectivity index (χ2v) is 9.97. The number of benzene rings is 1. The van der Waals surface area contributed by atoms with Crippen molar-refractivity contribution in [1.29, 1.82) is 0 Å². The molecule has 3 N–H and O–H groups in total. The zero-order chi connectivity index (χ0) is 22.1. The molecule has 2 amide bonds. The molecule has 1 aliphatic carbocycles. The summed E-state index contributed by atoms with van der Waals surface area (Å²) in [7, 11) is 0. The van der Waals surface area contributed by atoms with Gasteiger partial charge in [0.15, 0.2) is 0 Å². The number of aliphatic hydroxyl groups is 2. The summed E-state index contributed by atoms with van der Waals surface area (Å²) in [6.07, 6.45) is 0.950. The lowest BCUT2D eigenvalue weighted by molar-refractivity contribution is -0.143. The highest BCUT2D eigenvalue weighted by Gasteiger charge is 2.41. The molecule has 7 heteroatoms. The fraction of sp³-hybridized carbons (Fsp3) is 0.652. The number of aliphatic hydroxyl groups excluding tert-OH is 2. The Morgan fingerprint density at radius 3 is 2.40 bits per heavy atom. The number of carbonyl (C=O) groups is 2. The smallest absolute Gasteiger partial charge is 0.247 e. The zero-order valence-electron chi connectivity index (χ0n) is 18.0. The summed E-state index contributed by atoms with van der Waals surface area (Å²) in [5, 5.41) is 23.4. The summed E-state index contributed by atoms with van der Waals surface area (Å²) in [6, 6.07) is 6.90. The Bertz CT molecular complexity index is 765. The van der Waals surface area contributed by atoms with Crippen LogP contribution in [0.15, 0.2) is 24.3 Å². The number of nitrogens with zero attached hydrogens (tertiary/aromatic N) is 1. The monoisotopic (exact) mass is 436 g/mol. The van der Waals surface area contributed by atoms with E-state index in [4.69, 9.17) is 11.6 Å². The van der Waals surface area contributed by atoms with E-state index in [0.29, 0.717) is 43.3 Å². The van der Waals surface area contributed by atoms with Crippen LogP contribution in [0.2, 0.25) is 5.02 Å². The molecule has 1 saturated heterocycles. The number of piperidine rings is 1. The topological polar surface area (TPSA) is 89.9 Å². The molecule has 2 unspecified atom stereocenters. The van der Waals surface area contributed by atoms with Crippen LogP contribution < -0.4 is 5.32 Å². The average Bonchev–Trinajstić information content (AvgIpc) is 3.12. The molecule has 6 nitrogen and oxygen atoms in total. The minimum Gasteiger partial charge on any atom is -0.393 e. The second-order valence-electron chi connectivity index (χ2n) is 9.53. The maximum atomic E-state index is 13.2. The molecule has 5 atom stereocenters. The fourth-order valence-corrected chi connectivity index (χ4v) is 5.04. The van der Waals surface area contributed by atoms with E-state index in [1.165, 1.54) is 12.5 Å². The number of carbonyl (C=O) groups excluding carboxylic acids is 2. The SMILES string of the molecule is CC(O)[C@@H](NC(=O)[C@@H]1CC[C@H](O)C1)C(=O)N1CCC(c2ccc(Cl)cc2)C(C)(C)C1. The number of hydrogen-bond donors (Lipinski definition) is 3. The van der Waals surface area contributed by atoms with Gasteiger partial charge >= 0.3 is 0 Å². The van der Waals surface area contributed by atoms with Crippen LogP contribution in [-0.2, 0) is 9.59 Å². The van der Waals surface area contributed by atoms with Crippen LogP contribution >= 0.6 is 11.6 Å². The highest BCUT2D eigenvalue weighted by Crippen LogP contribution is 2.42. The van der Waals surface area contributed by atoms with Gasteiger partial charge in [-0.2, -0.15) is 0 Å². The van der Waals surface area contributed by atoms with E-state index >= 15 is 0 Å². The van der Waals surface area contributed by atoms with E-state index < -0.39 is 18.2 Å². The molecule has 0 aromatic heterocycles. The molecular weight excluding hydrogens is 404 g/mol. The van der Waals surface area contributed by atoms with Gasteiger partial charge in [-0.3, -0.25) is 9.59 Å². The summed E-state index contributed by atoms with van der Waals surface area (Å²) in [4.78, 5) is 27.5. The molecule has 1 aromatic carbocycles. The molecule has 1 saturated carbocycles. The fourth-order valence-electron chi connectivity index (χ4n) is 4.91. The first kappa shape index (κ1) is 23.0. The lowest BCUT2D eigenvalue weighted by atomic mass is 9.70. The van der Waals surface area contributed by atoms with Crippen molar-refractivity contribution in [1.82, 2.24) is 10.2 Å². The minimum absolute atomic E-state index is 0.162. The van der Waals surface area contributed by atoms with Crippen molar-refractivity contribution in [2.75, 3.05) is 13.1 Å². The van der Waals surface area contributed by atoms with E-state index in [1.807, 2.05) is 24.3 Å². The van der Waals surface area contributed by atoms with Crippen molar-refractivity contribution in [2.45, 2.75) is 70.6 Å². The molecule has 0 bridgehead atoms. The predicted molar refractivity (Wildman–Crippen MR) is 116 cm³/mol. The number of nitrogens with one attached hydrogen (secondary N) is 1. The third-order valence-electron chi connectivity index (χ3n) is 6.64. The highest BCUT2D eigenvalue weighted by atomic mass is 35.5. The Kier molecular flexibility index (Phi) is 7.10. The zero-order valence-corrected chi connectivity index (χ0v) is 18.7. The summed E-state index contributed by atoms with van der Waals surface area (Å²) >= 11 is 6.02. The minimum atomic E-state index is -0.995. The molecule has 30 heavy (non-hydrogen) atoms. The van der Waals surface area contributed by atoms with Gasteiger partial charge in [0.05, 0.1) is 12.2 Å². The van der Waals surface area contributed by atoms with Gasteiger partial charge < -0.3 is 20.4 Å². The first-order chi connectivity index (χ1) is 14.1. The van der Waals surface area contributed by atoms with Gasteiger partial charge in [-0.15, -0.1) is 0 Å². The van der Waals surface area contributed by atoms with Gasteiger partial charge in [-0.05, 0) is 61.6 Å². The van der Waals surface area contributed by atoms with Gasteiger partial charge in [0.25, 0.3) is 0 Å². The normalized spacial score (nSPS) is 28.1. The molecule has 3 rings (SSSR count). The summed E-state index contributed by atoms with van der Waals surface area (Å²) < 4.78 is 0. The van der Waals surface area contributed by atoms with Crippen LogP contribution in [0.25, 0.3) is 0 Å². The molecule has 1 aromatic rings. The van der Waals surface area contributed by atoms with Crippen LogP contribution in [0, 0.1) is 11.3 Å². The number of rotatable bonds is 5. The van der Waals surface area contributed by atoms with E-state index in [0.717, 1.165) is 6.42 Å². The summed E-state index contributed by atoms with van der Waals surface area (Å²) in [6.45, 7) is 6.91. The third-order valence-corrected chi connectivity index (χ3v) is 6.89. The largest absolute Gasteiger partial charge is 0.393 e. The molecular formula is C23H33ClN2O4. The molecule has 0 radical (unpaired) electrons. The Hall–Kier alpha value is -1.63. The van der Waals surface area contributed by atoms with E-state index in [2.05, 4.69) is 19.2 Å². The molecule has 2 fully saturated rings. The Morgan fingerprint density at radius 2 is 1.87 bits per heavy atom. The summed E-state index contributed by atoms with van der Waals surface area (Å²) in [5.41, 5.74) is 1.04. The first-order valence-corrected chi connectivity index (χ1v) is 11.2. The van der Waals surface area contributed by atoms with E-state index in [-0.39, 0.29) is 23.1 Å². The predicted octanol–water partition coefficient (Wildman–Crippen LogP) is 2.71. The van der Waals surface area contributed by atoms with Crippen molar-refractivity contribution in [3.63, 3.8) is 0 Å². The van der Waals surface area contributed by atoms with Gasteiger partial charge in [0.2, 0.25) is 11.8 Å². The Balaban J connectivity index is 1.67. The second kappa shape index (κ2) is 9.25. The molecule has 2 aliphatic rings. The van der Waals surface area contributed by atoms with Crippen molar-refractivity contribution in [3.8, 4) is 0 Å². The lowest BCUT2D eigenvalue weighted by Crippen LogP contribution is -2.58. The van der Waals surface area contributed by atoms with Gasteiger partial charge in [-0.1, -0.05) is 37.6 Å². The standard InChI is InChI=1S/C23H33ClN2O4/c1-14(27)20(25-21(29)16-6-9-18(28)12-16)22(30)26-11-10-19(23(2,3)13-26)15-4-7-17(24)8-5-15/h4-5,7-8,14,16,18-20,27-28H,6,9-13H2,1-3H3,(H,25,29)/t14?,16-,18+,19?,20-/m1/s1. The maximum absolute atomic E-state index is 13.2. The number of halogens is 1. The van der Waals surface area contributed by atoms with Gasteiger partial charge in [0, 0.05) is 24.0 Å². The van der Waals surface area contributed by atoms with Crippen LogP contribution in [0.1, 0.15) is 57.9 Å². The third kappa shape index (κ3) is 5.16. The van der Waals surface area contributed by atoms with Gasteiger partial charge in [-0.25, -0.2) is 0 Å². The number of likely N-dealkylation sites (tertiary alicyclic amines) is 1. The van der Waals surface area contributed by atoms with Crippen LogP contribution in [0.5, 0.6) is 0 Å². The summed E-state index contributed by atoms with van der Waals surface area (Å²) in [5.74, 6) is -0.528. The van der Waals surface area contributed by atoms with Crippen molar-refractivity contribution < 1.29 is 19.8 Å². The highest BCUT2D eigenvalue weighted by molar-refractivity contribution is 6.30. The van der Waals surface area contributed by atoms with Crippen molar-refractivity contribution in [2.24, 2.45) is 11.3 Å². The van der Waals surface area contributed by atoms with Crippen LogP contribution in [0.3, 0.4) is 0 Å². The Morgan fingerprint density at radius 1 is 1.20 bits per heavy atom. The average molecular weight is 437 g/mol. The number of amides is 2. The molecule has 1 heterocycles. The van der Waals surface area contributed by atoms with Crippen LogP contribution in [-0.4, -0.2) is 58.3 Å². The first-order valence-electron chi connectivity index (χ1n) is 10.8. The lowest BCUT2D eigenvalue weighted by Gasteiger charge is -2.45. The van der Waals surface area contributed by atoms with Gasteiger partial charge in [0.1, 0.15) is 6.04 Å². The maximum Gasteiger partial charge on any atom is 0.247 e. The van der Waals surface area contributed by atoms with Crippen molar-refractivity contribution in [3.05, 3.63) is 34.9 Å². The quantitative estimate of drug-likeness (QED) is 0.662. The molecule has 0 spiro atoms. The van der Waals surface area contributed by atoms with E-state index in [9.17, 15) is 19.8 Å². The van der Waals surface area contributed by atoms with Crippen molar-refractivity contribution >= 4 is 23.4 Å². The molecule has 166 valence electrons. The Labute approximate surface area is 183 Å².